The average molecular weight is 250 g/mol. The summed E-state index contributed by atoms with van der Waals surface area (Å²) < 4.78 is 0. The molecule has 18 heavy (non-hydrogen) atoms. The van der Waals surface area contributed by atoms with E-state index in [0.29, 0.717) is 6.04 Å². The van der Waals surface area contributed by atoms with E-state index in [-0.39, 0.29) is 0 Å². The highest BCUT2D eigenvalue weighted by atomic mass is 15.1. The van der Waals surface area contributed by atoms with Gasteiger partial charge in [0.2, 0.25) is 0 Å². The monoisotopic (exact) mass is 250 g/mol. The number of nitrogens with zero attached hydrogens (tertiary/aromatic N) is 2. The highest BCUT2D eigenvalue weighted by Gasteiger charge is 2.08. The highest BCUT2D eigenvalue weighted by Crippen LogP contribution is 2.15. The van der Waals surface area contributed by atoms with Crippen LogP contribution in [0.15, 0.2) is 12.4 Å². The van der Waals surface area contributed by atoms with Gasteiger partial charge in [0.15, 0.2) is 0 Å². The van der Waals surface area contributed by atoms with Crippen molar-refractivity contribution in [2.45, 2.75) is 53.0 Å². The van der Waals surface area contributed by atoms with E-state index in [1.54, 1.807) is 6.33 Å². The molecule has 1 rings (SSSR count). The summed E-state index contributed by atoms with van der Waals surface area (Å²) in [6, 6.07) is 2.41. The minimum Gasteiger partial charge on any atom is -0.370 e. The van der Waals surface area contributed by atoms with Crippen LogP contribution in [0, 0.1) is 5.92 Å². The molecule has 0 amide bonds. The zero-order chi connectivity index (χ0) is 13.4. The molecule has 1 aromatic rings. The van der Waals surface area contributed by atoms with Gasteiger partial charge in [-0.2, -0.15) is 0 Å². The van der Waals surface area contributed by atoms with Crippen molar-refractivity contribution in [1.82, 2.24) is 9.97 Å². The van der Waals surface area contributed by atoms with Crippen LogP contribution in [-0.4, -0.2) is 22.6 Å². The van der Waals surface area contributed by atoms with E-state index in [2.05, 4.69) is 48.3 Å². The van der Waals surface area contributed by atoms with E-state index in [1.165, 1.54) is 6.42 Å². The minimum atomic E-state index is 0.439. The van der Waals surface area contributed by atoms with Crippen molar-refractivity contribution in [3.8, 4) is 0 Å². The van der Waals surface area contributed by atoms with Gasteiger partial charge in [0.25, 0.3) is 0 Å². The quantitative estimate of drug-likeness (QED) is 0.741. The van der Waals surface area contributed by atoms with Gasteiger partial charge in [-0.15, -0.1) is 0 Å². The summed E-state index contributed by atoms with van der Waals surface area (Å²) in [6.07, 6.45) is 5.09. The van der Waals surface area contributed by atoms with E-state index in [1.807, 2.05) is 6.07 Å². The molecule has 4 heteroatoms. The molecular weight excluding hydrogens is 224 g/mol. The Morgan fingerprint density at radius 3 is 2.56 bits per heavy atom. The molecule has 2 atom stereocenters. The zero-order valence-electron chi connectivity index (χ0n) is 12.0. The van der Waals surface area contributed by atoms with Gasteiger partial charge in [0.05, 0.1) is 0 Å². The summed E-state index contributed by atoms with van der Waals surface area (Å²) in [5, 5.41) is 6.70. The molecule has 0 aromatic carbocycles. The second-order valence-electron chi connectivity index (χ2n) is 5.01. The Labute approximate surface area is 111 Å². The maximum absolute atomic E-state index is 4.26. The molecule has 0 bridgehead atoms. The first kappa shape index (κ1) is 14.7. The fraction of sp³-hybridized carbons (Fsp3) is 0.714. The maximum atomic E-state index is 4.26. The lowest BCUT2D eigenvalue weighted by atomic mass is 10.0. The van der Waals surface area contributed by atoms with Crippen LogP contribution in [0.1, 0.15) is 47.0 Å². The first-order chi connectivity index (χ1) is 8.65. The number of hydrogen-bond donors (Lipinski definition) is 2. The fourth-order valence-corrected chi connectivity index (χ4v) is 1.87. The Morgan fingerprint density at radius 2 is 1.89 bits per heavy atom. The van der Waals surface area contributed by atoms with Crippen molar-refractivity contribution in [2.24, 2.45) is 5.92 Å². The topological polar surface area (TPSA) is 49.8 Å². The standard InChI is InChI=1S/C14H26N4/c1-5-7-15-13-9-14(17-10-16-13)18-12(4)8-11(3)6-2/h9-12H,5-8H2,1-4H3,(H2,15,16,17,18). The molecule has 4 nitrogen and oxygen atoms in total. The Kier molecular flexibility index (Phi) is 6.47. The van der Waals surface area contributed by atoms with Gasteiger partial charge in [-0.1, -0.05) is 27.2 Å². The van der Waals surface area contributed by atoms with Crippen molar-refractivity contribution in [1.29, 1.82) is 0 Å². The van der Waals surface area contributed by atoms with Gasteiger partial charge >= 0.3 is 0 Å². The van der Waals surface area contributed by atoms with Crippen LogP contribution < -0.4 is 10.6 Å². The van der Waals surface area contributed by atoms with Crippen molar-refractivity contribution in [2.75, 3.05) is 17.2 Å². The molecule has 0 aliphatic rings. The third kappa shape index (κ3) is 5.34. The Bertz CT molecular complexity index is 340. The maximum Gasteiger partial charge on any atom is 0.131 e. The van der Waals surface area contributed by atoms with Crippen LogP contribution in [0.3, 0.4) is 0 Å². The van der Waals surface area contributed by atoms with Crippen molar-refractivity contribution < 1.29 is 0 Å². The molecule has 0 saturated carbocycles. The number of aromatic nitrogens is 2. The molecule has 2 N–H and O–H groups in total. The van der Waals surface area contributed by atoms with Gasteiger partial charge in [0.1, 0.15) is 18.0 Å². The summed E-state index contributed by atoms with van der Waals surface area (Å²) >= 11 is 0. The number of nitrogens with one attached hydrogen (secondary N) is 2. The van der Waals surface area contributed by atoms with Gasteiger partial charge in [-0.25, -0.2) is 9.97 Å². The predicted molar refractivity (Wildman–Crippen MR) is 78.0 cm³/mol. The Balaban J connectivity index is 2.50. The summed E-state index contributed by atoms with van der Waals surface area (Å²) in [5.41, 5.74) is 0. The molecule has 0 saturated heterocycles. The molecule has 0 aliphatic heterocycles. The highest BCUT2D eigenvalue weighted by molar-refractivity contribution is 5.46. The van der Waals surface area contributed by atoms with Crippen molar-refractivity contribution >= 4 is 11.6 Å². The predicted octanol–water partition coefficient (Wildman–Crippen LogP) is 3.54. The Hall–Kier alpha value is -1.32. The summed E-state index contributed by atoms with van der Waals surface area (Å²) in [6.45, 7) is 9.80. The summed E-state index contributed by atoms with van der Waals surface area (Å²) in [4.78, 5) is 8.46. The van der Waals surface area contributed by atoms with E-state index in [0.717, 1.165) is 36.9 Å². The van der Waals surface area contributed by atoms with Gasteiger partial charge in [-0.05, 0) is 25.7 Å². The van der Waals surface area contributed by atoms with Crippen LogP contribution >= 0.6 is 0 Å². The lowest BCUT2D eigenvalue weighted by molar-refractivity contribution is 0.483. The van der Waals surface area contributed by atoms with Crippen LogP contribution in [-0.2, 0) is 0 Å². The normalized spacial score (nSPS) is 14.0. The fourth-order valence-electron chi connectivity index (χ4n) is 1.87. The first-order valence-corrected chi connectivity index (χ1v) is 6.98. The van der Waals surface area contributed by atoms with Crippen molar-refractivity contribution in [3.05, 3.63) is 12.4 Å². The van der Waals surface area contributed by atoms with Gasteiger partial charge in [0, 0.05) is 18.7 Å². The number of rotatable bonds is 8. The third-order valence-corrected chi connectivity index (χ3v) is 3.07. The van der Waals surface area contributed by atoms with Gasteiger partial charge < -0.3 is 10.6 Å². The smallest absolute Gasteiger partial charge is 0.131 e. The largest absolute Gasteiger partial charge is 0.370 e. The van der Waals surface area contributed by atoms with E-state index >= 15 is 0 Å². The molecule has 0 spiro atoms. The Morgan fingerprint density at radius 1 is 1.17 bits per heavy atom. The molecule has 1 aromatic heterocycles. The average Bonchev–Trinajstić information content (AvgIpc) is 2.36. The summed E-state index contributed by atoms with van der Waals surface area (Å²) in [5.74, 6) is 2.54. The van der Waals surface area contributed by atoms with Crippen LogP contribution in [0.5, 0.6) is 0 Å². The second-order valence-corrected chi connectivity index (χ2v) is 5.01. The second kappa shape index (κ2) is 7.90. The molecule has 0 radical (unpaired) electrons. The van der Waals surface area contributed by atoms with E-state index in [9.17, 15) is 0 Å². The molecule has 2 unspecified atom stereocenters. The molecule has 1 heterocycles. The molecular formula is C14H26N4. The lowest BCUT2D eigenvalue weighted by Crippen LogP contribution is -2.19. The third-order valence-electron chi connectivity index (χ3n) is 3.07. The van der Waals surface area contributed by atoms with Crippen LogP contribution in [0.2, 0.25) is 0 Å². The first-order valence-electron chi connectivity index (χ1n) is 6.98. The van der Waals surface area contributed by atoms with Crippen molar-refractivity contribution in [3.63, 3.8) is 0 Å². The molecule has 102 valence electrons. The van der Waals surface area contributed by atoms with Crippen LogP contribution in [0.25, 0.3) is 0 Å². The minimum absolute atomic E-state index is 0.439. The van der Waals surface area contributed by atoms with Gasteiger partial charge in [-0.3, -0.25) is 0 Å². The molecule has 0 aliphatic carbocycles. The SMILES string of the molecule is CCCNc1cc(NC(C)CC(C)CC)ncn1. The summed E-state index contributed by atoms with van der Waals surface area (Å²) in [7, 11) is 0. The molecule has 0 fully saturated rings. The zero-order valence-corrected chi connectivity index (χ0v) is 12.0. The van der Waals surface area contributed by atoms with E-state index in [4.69, 9.17) is 0 Å². The lowest BCUT2D eigenvalue weighted by Gasteiger charge is -2.18. The number of anilines is 2. The number of hydrogen-bond acceptors (Lipinski definition) is 4. The van der Waals surface area contributed by atoms with E-state index < -0.39 is 0 Å². The van der Waals surface area contributed by atoms with Crippen LogP contribution in [0.4, 0.5) is 11.6 Å².